The average molecular weight is 311 g/mol. The summed E-state index contributed by atoms with van der Waals surface area (Å²) in [5.41, 5.74) is 6.96. The van der Waals surface area contributed by atoms with Crippen LogP contribution in [0.4, 0.5) is 5.69 Å². The largest absolute Gasteiger partial charge is 0.398 e. The van der Waals surface area contributed by atoms with Gasteiger partial charge in [0.1, 0.15) is 0 Å². The van der Waals surface area contributed by atoms with Crippen LogP contribution in [0.5, 0.6) is 0 Å². The van der Waals surface area contributed by atoms with E-state index in [4.69, 9.17) is 5.73 Å². The molecule has 1 fully saturated rings. The van der Waals surface area contributed by atoms with Crippen molar-refractivity contribution in [3.63, 3.8) is 0 Å². The van der Waals surface area contributed by atoms with Crippen LogP contribution in [0, 0.1) is 0 Å². The lowest BCUT2D eigenvalue weighted by molar-refractivity contribution is 0.0883. The average Bonchev–Trinajstić information content (AvgIpc) is 2.33. The van der Waals surface area contributed by atoms with Gasteiger partial charge in [0.15, 0.2) is 0 Å². The Bertz CT molecular complexity index is 453. The van der Waals surface area contributed by atoms with E-state index in [2.05, 4.69) is 28.2 Å². The summed E-state index contributed by atoms with van der Waals surface area (Å²) in [5, 5.41) is 3.15. The number of halogens is 1. The Morgan fingerprint density at radius 1 is 1.33 bits per heavy atom. The lowest BCUT2D eigenvalue weighted by Gasteiger charge is -2.34. The zero-order valence-electron chi connectivity index (χ0n) is 10.6. The maximum absolute atomic E-state index is 12.2. The van der Waals surface area contributed by atoms with Crippen molar-refractivity contribution in [1.82, 2.24) is 5.32 Å². The van der Waals surface area contributed by atoms with Crippen LogP contribution in [0.15, 0.2) is 22.7 Å². The first-order valence-corrected chi connectivity index (χ1v) is 7.17. The third-order valence-corrected chi connectivity index (χ3v) is 4.35. The number of rotatable bonds is 2. The molecule has 1 aliphatic carbocycles. The van der Waals surface area contributed by atoms with Gasteiger partial charge in [-0.05, 0) is 53.9 Å². The van der Waals surface area contributed by atoms with Gasteiger partial charge in [-0.3, -0.25) is 4.79 Å². The molecule has 2 rings (SSSR count). The van der Waals surface area contributed by atoms with Crippen molar-refractivity contribution in [3.8, 4) is 0 Å². The fraction of sp³-hybridized carbons (Fsp3) is 0.500. The smallest absolute Gasteiger partial charge is 0.251 e. The number of benzene rings is 1. The molecule has 0 atom stereocenters. The van der Waals surface area contributed by atoms with Gasteiger partial charge in [0.2, 0.25) is 0 Å². The van der Waals surface area contributed by atoms with Crippen LogP contribution in [0.25, 0.3) is 0 Å². The van der Waals surface area contributed by atoms with E-state index in [1.807, 2.05) is 6.07 Å². The number of carbonyl (C=O) groups excluding carboxylic acids is 1. The third kappa shape index (κ3) is 3.05. The van der Waals surface area contributed by atoms with Gasteiger partial charge in [-0.1, -0.05) is 19.3 Å². The van der Waals surface area contributed by atoms with E-state index in [1.54, 1.807) is 12.1 Å². The predicted molar refractivity (Wildman–Crippen MR) is 77.5 cm³/mol. The molecule has 4 heteroatoms. The number of nitrogens with two attached hydrogens (primary N) is 1. The van der Waals surface area contributed by atoms with E-state index in [9.17, 15) is 4.79 Å². The van der Waals surface area contributed by atoms with Crippen LogP contribution in [-0.4, -0.2) is 11.4 Å². The first-order chi connectivity index (χ1) is 8.50. The van der Waals surface area contributed by atoms with Crippen molar-refractivity contribution in [2.45, 2.75) is 44.6 Å². The molecule has 0 spiro atoms. The van der Waals surface area contributed by atoms with Crippen molar-refractivity contribution < 1.29 is 4.79 Å². The van der Waals surface area contributed by atoms with E-state index in [0.29, 0.717) is 11.3 Å². The molecule has 3 nitrogen and oxygen atoms in total. The lowest BCUT2D eigenvalue weighted by atomic mass is 9.83. The Morgan fingerprint density at radius 2 is 2.00 bits per heavy atom. The summed E-state index contributed by atoms with van der Waals surface area (Å²) in [5.74, 6) is -0.0291. The van der Waals surface area contributed by atoms with Crippen LogP contribution in [0.2, 0.25) is 0 Å². The molecule has 0 bridgehead atoms. The zero-order valence-corrected chi connectivity index (χ0v) is 12.2. The molecule has 1 aromatic carbocycles. The Hall–Kier alpha value is -1.03. The Morgan fingerprint density at radius 3 is 2.61 bits per heavy atom. The molecule has 1 saturated carbocycles. The second kappa shape index (κ2) is 5.31. The van der Waals surface area contributed by atoms with Gasteiger partial charge in [0, 0.05) is 21.3 Å². The Balaban J connectivity index is 2.09. The highest BCUT2D eigenvalue weighted by Gasteiger charge is 2.28. The summed E-state index contributed by atoms with van der Waals surface area (Å²) in [6.45, 7) is 2.13. The number of anilines is 1. The highest BCUT2D eigenvalue weighted by molar-refractivity contribution is 9.10. The molecule has 1 aliphatic rings. The van der Waals surface area contributed by atoms with E-state index < -0.39 is 0 Å². The number of nitrogen functional groups attached to an aromatic ring is 1. The number of hydrogen-bond donors (Lipinski definition) is 2. The van der Waals surface area contributed by atoms with Gasteiger partial charge >= 0.3 is 0 Å². The van der Waals surface area contributed by atoms with Crippen molar-refractivity contribution in [3.05, 3.63) is 28.2 Å². The van der Waals surface area contributed by atoms with Crippen LogP contribution in [-0.2, 0) is 0 Å². The molecule has 0 aromatic heterocycles. The molecule has 0 saturated heterocycles. The van der Waals surface area contributed by atoms with Gasteiger partial charge < -0.3 is 11.1 Å². The summed E-state index contributed by atoms with van der Waals surface area (Å²) in [6, 6.07) is 5.32. The van der Waals surface area contributed by atoms with Crippen molar-refractivity contribution in [1.29, 1.82) is 0 Å². The van der Waals surface area contributed by atoms with E-state index in [0.717, 1.165) is 17.3 Å². The number of carbonyl (C=O) groups is 1. The maximum Gasteiger partial charge on any atom is 0.251 e. The fourth-order valence-electron chi connectivity index (χ4n) is 2.49. The van der Waals surface area contributed by atoms with Crippen LogP contribution < -0.4 is 11.1 Å². The van der Waals surface area contributed by atoms with E-state index >= 15 is 0 Å². The molecule has 0 aliphatic heterocycles. The normalized spacial score (nSPS) is 18.3. The minimum absolute atomic E-state index is 0.0291. The van der Waals surface area contributed by atoms with Gasteiger partial charge in [0.25, 0.3) is 5.91 Å². The van der Waals surface area contributed by atoms with Crippen LogP contribution >= 0.6 is 15.9 Å². The van der Waals surface area contributed by atoms with Crippen molar-refractivity contribution >= 4 is 27.5 Å². The molecule has 0 heterocycles. The fourth-order valence-corrected chi connectivity index (χ4v) is 2.73. The molecule has 0 unspecified atom stereocenters. The molecule has 0 radical (unpaired) electrons. The minimum Gasteiger partial charge on any atom is -0.398 e. The highest BCUT2D eigenvalue weighted by atomic mass is 79.9. The second-order valence-corrected chi connectivity index (χ2v) is 6.17. The van der Waals surface area contributed by atoms with E-state index in [-0.39, 0.29) is 11.4 Å². The molecular weight excluding hydrogens is 292 g/mol. The van der Waals surface area contributed by atoms with Gasteiger partial charge in [-0.2, -0.15) is 0 Å². The molecule has 98 valence electrons. The summed E-state index contributed by atoms with van der Waals surface area (Å²) in [6.07, 6.45) is 5.78. The van der Waals surface area contributed by atoms with E-state index in [1.165, 1.54) is 19.3 Å². The predicted octanol–water partition coefficient (Wildman–Crippen LogP) is 3.48. The SMILES string of the molecule is CC1(NC(=O)c2ccc(Br)c(N)c2)CCCCC1. The summed E-state index contributed by atoms with van der Waals surface area (Å²) in [7, 11) is 0. The molecule has 18 heavy (non-hydrogen) atoms. The van der Waals surface area contributed by atoms with Crippen molar-refractivity contribution in [2.75, 3.05) is 5.73 Å². The maximum atomic E-state index is 12.2. The van der Waals surface area contributed by atoms with Crippen LogP contribution in [0.1, 0.15) is 49.4 Å². The summed E-state index contributed by atoms with van der Waals surface area (Å²) >= 11 is 3.33. The first-order valence-electron chi connectivity index (χ1n) is 6.38. The molecule has 1 amide bonds. The second-order valence-electron chi connectivity index (χ2n) is 5.31. The third-order valence-electron chi connectivity index (χ3n) is 3.63. The van der Waals surface area contributed by atoms with Crippen molar-refractivity contribution in [2.24, 2.45) is 0 Å². The molecule has 1 aromatic rings. The standard InChI is InChI=1S/C14H19BrN2O/c1-14(7-3-2-4-8-14)17-13(18)10-5-6-11(15)12(16)9-10/h5-6,9H,2-4,7-8,16H2,1H3,(H,17,18). The van der Waals surface area contributed by atoms with Gasteiger partial charge in [-0.15, -0.1) is 0 Å². The highest BCUT2D eigenvalue weighted by Crippen LogP contribution is 2.28. The summed E-state index contributed by atoms with van der Waals surface area (Å²) in [4.78, 5) is 12.2. The lowest BCUT2D eigenvalue weighted by Crippen LogP contribution is -2.47. The van der Waals surface area contributed by atoms with Gasteiger partial charge in [0.05, 0.1) is 0 Å². The number of nitrogens with one attached hydrogen (secondary N) is 1. The Kier molecular flexibility index (Phi) is 3.95. The monoisotopic (exact) mass is 310 g/mol. The minimum atomic E-state index is -0.0584. The first kappa shape index (κ1) is 13.4. The quantitative estimate of drug-likeness (QED) is 0.822. The zero-order chi connectivity index (χ0) is 13.2. The number of hydrogen-bond acceptors (Lipinski definition) is 2. The molecular formula is C14H19BrN2O. The number of amides is 1. The van der Waals surface area contributed by atoms with Gasteiger partial charge in [-0.25, -0.2) is 0 Å². The summed E-state index contributed by atoms with van der Waals surface area (Å²) < 4.78 is 0.822. The molecule has 3 N–H and O–H groups in total. The van der Waals surface area contributed by atoms with Crippen LogP contribution in [0.3, 0.4) is 0 Å². The Labute approximate surface area is 116 Å². The topological polar surface area (TPSA) is 55.1 Å².